The Bertz CT molecular complexity index is 1190. The normalized spacial score (nSPS) is 15.3. The molecule has 9 nitrogen and oxygen atoms in total. The van der Waals surface area contributed by atoms with E-state index in [2.05, 4.69) is 20.8 Å². The summed E-state index contributed by atoms with van der Waals surface area (Å²) in [4.78, 5) is 40.0. The Morgan fingerprint density at radius 3 is 2.56 bits per heavy atom. The van der Waals surface area contributed by atoms with E-state index in [1.165, 1.54) is 11.3 Å². The van der Waals surface area contributed by atoms with Gasteiger partial charge in [0.05, 0.1) is 23.8 Å². The van der Waals surface area contributed by atoms with Crippen LogP contribution in [-0.4, -0.2) is 41.1 Å². The first-order valence-electron chi connectivity index (χ1n) is 11.0. The standard InChI is InChI=1S/C24H25N5O4S/c1-3-20-27-28-24(34-20)26-23(32)18-7-5-6-8-19(18)25-22(31)15-13-21(30)29(14-15)16-9-11-17(12-10-16)33-4-2/h5-12,15H,3-4,13-14H2,1-2H3,(H,25,31)(H,26,28,32)/t15-/m1/s1. The highest BCUT2D eigenvalue weighted by molar-refractivity contribution is 7.15. The van der Waals surface area contributed by atoms with Crippen molar-refractivity contribution in [3.63, 3.8) is 0 Å². The maximum atomic E-state index is 13.0. The van der Waals surface area contributed by atoms with Gasteiger partial charge < -0.3 is 15.0 Å². The molecule has 0 bridgehead atoms. The lowest BCUT2D eigenvalue weighted by atomic mass is 10.1. The number of carbonyl (C=O) groups excluding carboxylic acids is 3. The zero-order valence-corrected chi connectivity index (χ0v) is 19.7. The molecule has 0 aliphatic carbocycles. The molecule has 1 saturated heterocycles. The van der Waals surface area contributed by atoms with Gasteiger partial charge in [0.1, 0.15) is 10.8 Å². The second-order valence-corrected chi connectivity index (χ2v) is 8.74. The second-order valence-electron chi connectivity index (χ2n) is 7.68. The number of nitrogens with one attached hydrogen (secondary N) is 2. The van der Waals surface area contributed by atoms with E-state index in [0.717, 1.165) is 17.2 Å². The molecule has 3 aromatic rings. The molecule has 176 valence electrons. The summed E-state index contributed by atoms with van der Waals surface area (Å²) in [6.45, 7) is 4.69. The number of ether oxygens (including phenoxy) is 1. The third-order valence-corrected chi connectivity index (χ3v) is 6.36. The molecule has 2 heterocycles. The summed E-state index contributed by atoms with van der Waals surface area (Å²) in [5.41, 5.74) is 1.39. The van der Waals surface area contributed by atoms with E-state index < -0.39 is 11.8 Å². The van der Waals surface area contributed by atoms with E-state index in [4.69, 9.17) is 4.74 Å². The molecule has 34 heavy (non-hydrogen) atoms. The average Bonchev–Trinajstić information content (AvgIpc) is 3.46. The highest BCUT2D eigenvalue weighted by atomic mass is 32.1. The van der Waals surface area contributed by atoms with Crippen LogP contribution >= 0.6 is 11.3 Å². The zero-order valence-electron chi connectivity index (χ0n) is 18.9. The number of carbonyl (C=O) groups is 3. The van der Waals surface area contributed by atoms with Crippen LogP contribution in [0.25, 0.3) is 0 Å². The van der Waals surface area contributed by atoms with Crippen molar-refractivity contribution in [1.29, 1.82) is 0 Å². The minimum atomic E-state index is -0.537. The number of anilines is 3. The number of aryl methyl sites for hydroxylation is 1. The fraction of sp³-hybridized carbons (Fsp3) is 0.292. The van der Waals surface area contributed by atoms with Gasteiger partial charge in [0.2, 0.25) is 16.9 Å². The fourth-order valence-electron chi connectivity index (χ4n) is 3.66. The van der Waals surface area contributed by atoms with Gasteiger partial charge >= 0.3 is 0 Å². The molecule has 4 rings (SSSR count). The van der Waals surface area contributed by atoms with Gasteiger partial charge in [-0.15, -0.1) is 10.2 Å². The van der Waals surface area contributed by atoms with Crippen molar-refractivity contribution in [3.05, 3.63) is 59.1 Å². The van der Waals surface area contributed by atoms with Crippen LogP contribution in [0.4, 0.5) is 16.5 Å². The maximum Gasteiger partial charge on any atom is 0.259 e. The summed E-state index contributed by atoms with van der Waals surface area (Å²) < 4.78 is 5.44. The number of rotatable bonds is 8. The van der Waals surface area contributed by atoms with Crippen LogP contribution in [0.1, 0.15) is 35.6 Å². The van der Waals surface area contributed by atoms with Crippen LogP contribution in [0.3, 0.4) is 0 Å². The Balaban J connectivity index is 1.43. The molecular formula is C24H25N5O4S. The van der Waals surface area contributed by atoms with E-state index in [-0.39, 0.29) is 24.8 Å². The molecule has 0 spiro atoms. The van der Waals surface area contributed by atoms with Crippen molar-refractivity contribution in [3.8, 4) is 5.75 Å². The minimum Gasteiger partial charge on any atom is -0.494 e. The number of hydrogen-bond donors (Lipinski definition) is 2. The van der Waals surface area contributed by atoms with Crippen LogP contribution in [0.2, 0.25) is 0 Å². The quantitative estimate of drug-likeness (QED) is 0.509. The number of para-hydroxylation sites is 1. The Kier molecular flexibility index (Phi) is 7.17. The van der Waals surface area contributed by atoms with E-state index >= 15 is 0 Å². The Hall–Kier alpha value is -3.79. The fourth-order valence-corrected chi connectivity index (χ4v) is 4.33. The van der Waals surface area contributed by atoms with Crippen molar-refractivity contribution in [1.82, 2.24) is 10.2 Å². The summed E-state index contributed by atoms with van der Waals surface area (Å²) in [5.74, 6) is -0.648. The largest absolute Gasteiger partial charge is 0.494 e. The number of amides is 3. The van der Waals surface area contributed by atoms with E-state index in [1.807, 2.05) is 13.8 Å². The van der Waals surface area contributed by atoms with Crippen molar-refractivity contribution in [2.45, 2.75) is 26.7 Å². The molecule has 0 radical (unpaired) electrons. The maximum absolute atomic E-state index is 13.0. The Morgan fingerprint density at radius 2 is 1.85 bits per heavy atom. The Morgan fingerprint density at radius 1 is 1.09 bits per heavy atom. The topological polar surface area (TPSA) is 114 Å². The van der Waals surface area contributed by atoms with Gasteiger partial charge in [-0.05, 0) is 49.7 Å². The molecule has 1 fully saturated rings. The summed E-state index contributed by atoms with van der Waals surface area (Å²) in [6, 6.07) is 13.9. The van der Waals surface area contributed by atoms with Gasteiger partial charge in [0.25, 0.3) is 5.91 Å². The number of nitrogens with zero attached hydrogens (tertiary/aromatic N) is 3. The van der Waals surface area contributed by atoms with Crippen LogP contribution in [0, 0.1) is 5.92 Å². The first-order valence-corrected chi connectivity index (χ1v) is 11.9. The molecule has 1 aromatic heterocycles. The Labute approximate surface area is 201 Å². The summed E-state index contributed by atoms with van der Waals surface area (Å²) >= 11 is 1.31. The first kappa shape index (κ1) is 23.4. The molecule has 10 heteroatoms. The summed E-state index contributed by atoms with van der Waals surface area (Å²) in [6.07, 6.45) is 0.825. The third kappa shape index (κ3) is 5.23. The molecule has 0 unspecified atom stereocenters. The van der Waals surface area contributed by atoms with Gasteiger partial charge in [-0.1, -0.05) is 30.4 Å². The van der Waals surface area contributed by atoms with Crippen LogP contribution < -0.4 is 20.3 Å². The number of benzene rings is 2. The van der Waals surface area contributed by atoms with Gasteiger partial charge in [-0.25, -0.2) is 0 Å². The molecule has 2 aromatic carbocycles. The molecule has 1 aliphatic rings. The lowest BCUT2D eigenvalue weighted by molar-refractivity contribution is -0.122. The second kappa shape index (κ2) is 10.4. The molecule has 2 N–H and O–H groups in total. The molecule has 1 atom stereocenters. The summed E-state index contributed by atoms with van der Waals surface area (Å²) in [5, 5.41) is 14.7. The third-order valence-electron chi connectivity index (χ3n) is 5.37. The van der Waals surface area contributed by atoms with Crippen LogP contribution in [0.15, 0.2) is 48.5 Å². The monoisotopic (exact) mass is 479 g/mol. The average molecular weight is 480 g/mol. The lowest BCUT2D eigenvalue weighted by Crippen LogP contribution is -2.28. The number of hydrogen-bond acceptors (Lipinski definition) is 7. The van der Waals surface area contributed by atoms with Crippen LogP contribution in [0.5, 0.6) is 5.75 Å². The van der Waals surface area contributed by atoms with Gasteiger partial charge in [0.15, 0.2) is 0 Å². The SMILES string of the molecule is CCOc1ccc(N2C[C@H](C(=O)Nc3ccccc3C(=O)Nc3nnc(CC)s3)CC2=O)cc1. The predicted molar refractivity (Wildman–Crippen MR) is 130 cm³/mol. The van der Waals surface area contributed by atoms with E-state index in [0.29, 0.717) is 28.7 Å². The number of aromatic nitrogens is 2. The minimum absolute atomic E-state index is 0.0952. The first-order chi connectivity index (χ1) is 16.5. The molecular weight excluding hydrogens is 454 g/mol. The lowest BCUT2D eigenvalue weighted by Gasteiger charge is -2.17. The van der Waals surface area contributed by atoms with Gasteiger partial charge in [-0.2, -0.15) is 0 Å². The van der Waals surface area contributed by atoms with Crippen molar-refractivity contribution in [2.24, 2.45) is 5.92 Å². The highest BCUT2D eigenvalue weighted by Gasteiger charge is 2.35. The van der Waals surface area contributed by atoms with Gasteiger partial charge in [0, 0.05) is 18.7 Å². The zero-order chi connectivity index (χ0) is 24.1. The van der Waals surface area contributed by atoms with E-state index in [1.54, 1.807) is 53.4 Å². The molecule has 0 saturated carbocycles. The van der Waals surface area contributed by atoms with Gasteiger partial charge in [-0.3, -0.25) is 19.7 Å². The predicted octanol–water partition coefficient (Wildman–Crippen LogP) is 3.74. The van der Waals surface area contributed by atoms with Crippen molar-refractivity contribution >= 4 is 45.6 Å². The van der Waals surface area contributed by atoms with Crippen LogP contribution in [-0.2, 0) is 16.0 Å². The molecule has 1 aliphatic heterocycles. The van der Waals surface area contributed by atoms with E-state index in [9.17, 15) is 14.4 Å². The van der Waals surface area contributed by atoms with Crippen molar-refractivity contribution < 1.29 is 19.1 Å². The highest BCUT2D eigenvalue weighted by Crippen LogP contribution is 2.28. The molecule has 3 amide bonds. The van der Waals surface area contributed by atoms with Crippen molar-refractivity contribution in [2.75, 3.05) is 28.7 Å². The smallest absolute Gasteiger partial charge is 0.259 e. The summed E-state index contributed by atoms with van der Waals surface area (Å²) in [7, 11) is 0.